The van der Waals surface area contributed by atoms with Gasteiger partial charge in [0.15, 0.2) is 0 Å². The maximum Gasteiger partial charge on any atom is 0.224 e. The molecule has 2 amide bonds. The van der Waals surface area contributed by atoms with E-state index in [0.717, 1.165) is 30.5 Å². The summed E-state index contributed by atoms with van der Waals surface area (Å²) < 4.78 is 0. The molecule has 5 heteroatoms. The van der Waals surface area contributed by atoms with Crippen LogP contribution in [0.1, 0.15) is 43.2 Å². The van der Waals surface area contributed by atoms with Crippen molar-refractivity contribution in [2.75, 3.05) is 19.6 Å². The lowest BCUT2D eigenvalue weighted by atomic mass is 10.0. The summed E-state index contributed by atoms with van der Waals surface area (Å²) in [5, 5.41) is 3.01. The standard InChI is InChI=1S/C21H28N2O3/c1-15-3-2-4-16(9-15)11-20(25)22-13-18-7-8-23(14-18)21(26)12-17-5-6-19(24)10-17/h2-4,9,17-18H,5-8,10-14H2,1H3,(H,22,25). The Morgan fingerprint density at radius 1 is 1.23 bits per heavy atom. The number of likely N-dealkylation sites (tertiary alicyclic amines) is 1. The third-order valence-corrected chi connectivity index (χ3v) is 5.48. The Morgan fingerprint density at radius 2 is 2.08 bits per heavy atom. The zero-order chi connectivity index (χ0) is 18.5. The van der Waals surface area contributed by atoms with Crippen LogP contribution in [-0.4, -0.2) is 42.1 Å². The summed E-state index contributed by atoms with van der Waals surface area (Å²) in [5.41, 5.74) is 2.18. The first-order valence-electron chi connectivity index (χ1n) is 9.61. The Kier molecular flexibility index (Phi) is 6.07. The van der Waals surface area contributed by atoms with Crippen LogP contribution in [0.5, 0.6) is 0 Å². The number of rotatable bonds is 6. The molecular formula is C21H28N2O3. The molecule has 2 atom stereocenters. The van der Waals surface area contributed by atoms with E-state index in [-0.39, 0.29) is 17.7 Å². The zero-order valence-corrected chi connectivity index (χ0v) is 15.5. The van der Waals surface area contributed by atoms with E-state index in [1.165, 1.54) is 0 Å². The van der Waals surface area contributed by atoms with Crippen molar-refractivity contribution in [3.8, 4) is 0 Å². The summed E-state index contributed by atoms with van der Waals surface area (Å²) >= 11 is 0. The van der Waals surface area contributed by atoms with E-state index >= 15 is 0 Å². The van der Waals surface area contributed by atoms with Gasteiger partial charge in [-0.15, -0.1) is 0 Å². The highest BCUT2D eigenvalue weighted by Gasteiger charge is 2.30. The van der Waals surface area contributed by atoms with Gasteiger partial charge in [0.05, 0.1) is 6.42 Å². The average Bonchev–Trinajstić information content (AvgIpc) is 3.22. The van der Waals surface area contributed by atoms with Crippen LogP contribution < -0.4 is 5.32 Å². The average molecular weight is 356 g/mol. The lowest BCUT2D eigenvalue weighted by Crippen LogP contribution is -2.34. The molecule has 1 aromatic rings. The Labute approximate surface area is 155 Å². The van der Waals surface area contributed by atoms with Crippen LogP contribution in [0, 0.1) is 18.8 Å². The van der Waals surface area contributed by atoms with Crippen molar-refractivity contribution >= 4 is 17.6 Å². The number of nitrogens with one attached hydrogen (secondary N) is 1. The summed E-state index contributed by atoms with van der Waals surface area (Å²) in [5.74, 6) is 1.05. The van der Waals surface area contributed by atoms with Crippen LogP contribution in [0.15, 0.2) is 24.3 Å². The molecule has 0 radical (unpaired) electrons. The molecule has 3 rings (SSSR count). The van der Waals surface area contributed by atoms with E-state index in [1.807, 2.05) is 36.1 Å². The van der Waals surface area contributed by atoms with Crippen molar-refractivity contribution in [1.82, 2.24) is 10.2 Å². The van der Waals surface area contributed by atoms with Crippen molar-refractivity contribution in [2.24, 2.45) is 11.8 Å². The van der Waals surface area contributed by atoms with E-state index < -0.39 is 0 Å². The minimum atomic E-state index is 0.0323. The van der Waals surface area contributed by atoms with E-state index in [1.54, 1.807) is 0 Å². The molecule has 1 saturated heterocycles. The van der Waals surface area contributed by atoms with Crippen molar-refractivity contribution in [1.29, 1.82) is 0 Å². The number of aryl methyl sites for hydroxylation is 1. The van der Waals surface area contributed by atoms with Crippen molar-refractivity contribution in [2.45, 2.75) is 45.4 Å². The first-order chi connectivity index (χ1) is 12.5. The van der Waals surface area contributed by atoms with E-state index in [4.69, 9.17) is 0 Å². The molecule has 0 aromatic heterocycles. The van der Waals surface area contributed by atoms with Crippen LogP contribution in [0.2, 0.25) is 0 Å². The van der Waals surface area contributed by atoms with Gasteiger partial charge in [-0.1, -0.05) is 29.8 Å². The molecule has 1 N–H and O–H groups in total. The predicted octanol–water partition coefficient (Wildman–Crippen LogP) is 2.26. The van der Waals surface area contributed by atoms with Crippen molar-refractivity contribution < 1.29 is 14.4 Å². The maximum atomic E-state index is 12.4. The molecular weight excluding hydrogens is 328 g/mol. The first kappa shape index (κ1) is 18.6. The number of benzene rings is 1. The molecule has 26 heavy (non-hydrogen) atoms. The molecule has 1 heterocycles. The quantitative estimate of drug-likeness (QED) is 0.850. The SMILES string of the molecule is Cc1cccc(CC(=O)NCC2CCN(C(=O)CC3CCC(=O)C3)C2)c1. The monoisotopic (exact) mass is 356 g/mol. The van der Waals surface area contributed by atoms with Gasteiger partial charge in [0.25, 0.3) is 0 Å². The minimum Gasteiger partial charge on any atom is -0.355 e. The summed E-state index contributed by atoms with van der Waals surface area (Å²) in [6, 6.07) is 7.99. The highest BCUT2D eigenvalue weighted by atomic mass is 16.2. The molecule has 1 aliphatic carbocycles. The molecule has 1 aromatic carbocycles. The largest absolute Gasteiger partial charge is 0.355 e. The number of carbonyl (C=O) groups excluding carboxylic acids is 3. The molecule has 2 unspecified atom stereocenters. The van der Waals surface area contributed by atoms with Gasteiger partial charge in [-0.3, -0.25) is 14.4 Å². The van der Waals surface area contributed by atoms with Crippen LogP contribution in [0.25, 0.3) is 0 Å². The lowest BCUT2D eigenvalue weighted by molar-refractivity contribution is -0.131. The Morgan fingerprint density at radius 3 is 2.81 bits per heavy atom. The number of carbonyl (C=O) groups is 3. The smallest absolute Gasteiger partial charge is 0.224 e. The molecule has 2 aliphatic rings. The van der Waals surface area contributed by atoms with Gasteiger partial charge in [-0.2, -0.15) is 0 Å². The Hall–Kier alpha value is -2.17. The Bertz CT molecular complexity index is 686. The number of amides is 2. The topological polar surface area (TPSA) is 66.5 Å². The molecule has 0 bridgehead atoms. The van der Waals surface area contributed by atoms with Crippen LogP contribution in [0.4, 0.5) is 0 Å². The van der Waals surface area contributed by atoms with Gasteiger partial charge >= 0.3 is 0 Å². The fourth-order valence-corrected chi connectivity index (χ4v) is 4.00. The van der Waals surface area contributed by atoms with Crippen LogP contribution >= 0.6 is 0 Å². The van der Waals surface area contributed by atoms with Gasteiger partial charge < -0.3 is 10.2 Å². The molecule has 1 saturated carbocycles. The van der Waals surface area contributed by atoms with Gasteiger partial charge in [-0.05, 0) is 37.2 Å². The number of hydrogen-bond donors (Lipinski definition) is 1. The second-order valence-corrected chi connectivity index (χ2v) is 7.82. The van der Waals surface area contributed by atoms with E-state index in [9.17, 15) is 14.4 Å². The summed E-state index contributed by atoms with van der Waals surface area (Å²) in [4.78, 5) is 37.8. The van der Waals surface area contributed by atoms with Gasteiger partial charge in [0.1, 0.15) is 5.78 Å². The zero-order valence-electron chi connectivity index (χ0n) is 15.5. The van der Waals surface area contributed by atoms with Gasteiger partial charge in [0, 0.05) is 38.9 Å². The Balaban J connectivity index is 1.38. The van der Waals surface area contributed by atoms with E-state index in [0.29, 0.717) is 50.5 Å². The van der Waals surface area contributed by atoms with Gasteiger partial charge in [-0.25, -0.2) is 0 Å². The normalized spacial score (nSPS) is 22.7. The molecule has 140 valence electrons. The second kappa shape index (κ2) is 8.47. The number of nitrogens with zero attached hydrogens (tertiary/aromatic N) is 1. The minimum absolute atomic E-state index is 0.0323. The van der Waals surface area contributed by atoms with E-state index in [2.05, 4.69) is 5.32 Å². The van der Waals surface area contributed by atoms with Gasteiger partial charge in [0.2, 0.25) is 11.8 Å². The van der Waals surface area contributed by atoms with Crippen LogP contribution in [0.3, 0.4) is 0 Å². The summed E-state index contributed by atoms with van der Waals surface area (Å²) in [6.45, 7) is 4.12. The summed E-state index contributed by atoms with van der Waals surface area (Å²) in [7, 11) is 0. The van der Waals surface area contributed by atoms with Crippen molar-refractivity contribution in [3.05, 3.63) is 35.4 Å². The van der Waals surface area contributed by atoms with Crippen molar-refractivity contribution in [3.63, 3.8) is 0 Å². The molecule has 5 nitrogen and oxygen atoms in total. The second-order valence-electron chi connectivity index (χ2n) is 7.82. The lowest BCUT2D eigenvalue weighted by Gasteiger charge is -2.18. The first-order valence-corrected chi connectivity index (χ1v) is 9.61. The van der Waals surface area contributed by atoms with Crippen LogP contribution in [-0.2, 0) is 20.8 Å². The summed E-state index contributed by atoms with van der Waals surface area (Å²) in [6.07, 6.45) is 3.88. The predicted molar refractivity (Wildman–Crippen MR) is 99.5 cm³/mol. The molecule has 2 fully saturated rings. The maximum absolute atomic E-state index is 12.4. The molecule has 1 aliphatic heterocycles. The molecule has 0 spiro atoms. The number of ketones is 1. The highest BCUT2D eigenvalue weighted by Crippen LogP contribution is 2.27. The highest BCUT2D eigenvalue weighted by molar-refractivity contribution is 5.83. The fraction of sp³-hybridized carbons (Fsp3) is 0.571. The number of hydrogen-bond acceptors (Lipinski definition) is 3. The fourth-order valence-electron chi connectivity index (χ4n) is 4.00. The third-order valence-electron chi connectivity index (χ3n) is 5.48. The number of Topliss-reactive ketones (excluding diaryl/α,β-unsaturated/α-hetero) is 1. The third kappa shape index (κ3) is 5.16.